The average Bonchev–Trinajstić information content (AvgIpc) is 3.29. The van der Waals surface area contributed by atoms with Crippen molar-refractivity contribution >= 4 is 22.7 Å². The molecule has 160 valence electrons. The minimum absolute atomic E-state index is 0.0226. The van der Waals surface area contributed by atoms with Gasteiger partial charge >= 0.3 is 0 Å². The minimum atomic E-state index is -0.120. The molecular formula is C23H21N7O2. The van der Waals surface area contributed by atoms with Crippen molar-refractivity contribution in [3.05, 3.63) is 72.4 Å². The summed E-state index contributed by atoms with van der Waals surface area (Å²) in [6.45, 7) is 2.60. The molecule has 1 amide bonds. The summed E-state index contributed by atoms with van der Waals surface area (Å²) in [5.74, 6) is 0.491. The Morgan fingerprint density at radius 3 is 2.47 bits per heavy atom. The Hall–Kier alpha value is -3.98. The van der Waals surface area contributed by atoms with Gasteiger partial charge in [-0.15, -0.1) is 0 Å². The first-order valence-electron chi connectivity index (χ1n) is 10.4. The molecule has 0 spiro atoms. The number of nitrogens with zero attached hydrogens (tertiary/aromatic N) is 6. The number of para-hydroxylation sites is 2. The molecule has 4 heterocycles. The van der Waals surface area contributed by atoms with Crippen molar-refractivity contribution in [2.75, 3.05) is 32.7 Å². The Kier molecular flexibility index (Phi) is 5.39. The zero-order valence-electron chi connectivity index (χ0n) is 17.3. The molecule has 4 aromatic rings. The van der Waals surface area contributed by atoms with Crippen LogP contribution in [-0.2, 0) is 0 Å². The molecule has 9 nitrogen and oxygen atoms in total. The van der Waals surface area contributed by atoms with E-state index in [0.29, 0.717) is 49.0 Å². The maximum absolute atomic E-state index is 13.0. The summed E-state index contributed by atoms with van der Waals surface area (Å²) in [7, 11) is 0. The van der Waals surface area contributed by atoms with Crippen LogP contribution in [0.2, 0.25) is 0 Å². The number of nitrogens with one attached hydrogen (secondary N) is 1. The van der Waals surface area contributed by atoms with Crippen molar-refractivity contribution in [3.8, 4) is 11.5 Å². The molecule has 0 atom stereocenters. The highest BCUT2D eigenvalue weighted by molar-refractivity contribution is 5.97. The number of ketones is 1. The number of Topliss-reactive ketones (excluding diaryl/α,β-unsaturated/α-hetero) is 1. The number of hydrogen-bond donors (Lipinski definition) is 1. The van der Waals surface area contributed by atoms with Crippen LogP contribution in [0.1, 0.15) is 20.8 Å². The number of H-pyrrole nitrogens is 1. The second kappa shape index (κ2) is 8.64. The van der Waals surface area contributed by atoms with E-state index in [2.05, 4.69) is 24.9 Å². The molecule has 1 saturated heterocycles. The Labute approximate surface area is 184 Å². The van der Waals surface area contributed by atoms with E-state index in [1.807, 2.05) is 41.3 Å². The van der Waals surface area contributed by atoms with Crippen LogP contribution in [0.15, 0.2) is 61.2 Å². The third-order valence-corrected chi connectivity index (χ3v) is 5.51. The molecule has 32 heavy (non-hydrogen) atoms. The van der Waals surface area contributed by atoms with Gasteiger partial charge in [-0.1, -0.05) is 18.2 Å². The van der Waals surface area contributed by atoms with E-state index in [0.717, 1.165) is 11.0 Å². The molecule has 0 saturated carbocycles. The van der Waals surface area contributed by atoms with E-state index in [-0.39, 0.29) is 18.2 Å². The number of aromatic amines is 1. The molecule has 1 aromatic carbocycles. The van der Waals surface area contributed by atoms with E-state index < -0.39 is 0 Å². The largest absolute Gasteiger partial charge is 0.337 e. The van der Waals surface area contributed by atoms with Gasteiger partial charge in [-0.05, 0) is 24.3 Å². The first-order chi connectivity index (χ1) is 15.7. The summed E-state index contributed by atoms with van der Waals surface area (Å²) in [6, 6.07) is 13.1. The van der Waals surface area contributed by atoms with Crippen LogP contribution in [-0.4, -0.2) is 79.1 Å². The summed E-state index contributed by atoms with van der Waals surface area (Å²) in [6.07, 6.45) is 4.45. The molecule has 9 heteroatoms. The van der Waals surface area contributed by atoms with Gasteiger partial charge in [0.2, 0.25) is 0 Å². The lowest BCUT2D eigenvalue weighted by Gasteiger charge is -2.34. The number of amides is 1. The first-order valence-corrected chi connectivity index (χ1v) is 10.4. The SMILES string of the molecule is O=C(CN1CCN(C(=O)c2cccc(-c3nc4ccccc4[nH]3)n2)CC1)c1cncnc1. The van der Waals surface area contributed by atoms with E-state index in [1.165, 1.54) is 18.7 Å². The standard InChI is InChI=1S/C23H21N7O2/c31-21(16-12-24-15-25-13-16)14-29-8-10-30(11-9-29)23(32)20-7-3-6-19(26-20)22-27-17-4-1-2-5-18(17)28-22/h1-7,12-13,15H,8-11,14H2,(H,27,28). The van der Waals surface area contributed by atoms with Crippen LogP contribution >= 0.6 is 0 Å². The summed E-state index contributed by atoms with van der Waals surface area (Å²) < 4.78 is 0. The number of imidazole rings is 1. The van der Waals surface area contributed by atoms with Crippen molar-refractivity contribution in [1.82, 2.24) is 34.7 Å². The molecule has 0 radical (unpaired) electrons. The first kappa shape index (κ1) is 20.0. The molecule has 0 bridgehead atoms. The van der Waals surface area contributed by atoms with Crippen LogP contribution in [0, 0.1) is 0 Å². The summed E-state index contributed by atoms with van der Waals surface area (Å²) in [5, 5.41) is 0. The molecule has 3 aromatic heterocycles. The van der Waals surface area contributed by atoms with Crippen LogP contribution in [0.3, 0.4) is 0 Å². The average molecular weight is 427 g/mol. The Bertz CT molecular complexity index is 1230. The summed E-state index contributed by atoms with van der Waals surface area (Å²) in [4.78, 5) is 49.4. The second-order valence-electron chi connectivity index (χ2n) is 7.63. The molecular weight excluding hydrogens is 406 g/mol. The van der Waals surface area contributed by atoms with Crippen LogP contribution in [0.4, 0.5) is 0 Å². The molecule has 0 aliphatic carbocycles. The third-order valence-electron chi connectivity index (χ3n) is 5.51. The highest BCUT2D eigenvalue weighted by Gasteiger charge is 2.25. The predicted molar refractivity (Wildman–Crippen MR) is 118 cm³/mol. The summed E-state index contributed by atoms with van der Waals surface area (Å²) >= 11 is 0. The van der Waals surface area contributed by atoms with Crippen LogP contribution < -0.4 is 0 Å². The smallest absolute Gasteiger partial charge is 0.272 e. The molecule has 1 aliphatic rings. The lowest BCUT2D eigenvalue weighted by molar-refractivity contribution is 0.0619. The van der Waals surface area contributed by atoms with Gasteiger partial charge in [0.15, 0.2) is 11.6 Å². The predicted octanol–water partition coefficient (Wildman–Crippen LogP) is 2.06. The monoisotopic (exact) mass is 427 g/mol. The number of fused-ring (bicyclic) bond motifs is 1. The van der Waals surface area contributed by atoms with Gasteiger partial charge in [-0.3, -0.25) is 14.5 Å². The fourth-order valence-corrected chi connectivity index (χ4v) is 3.77. The van der Waals surface area contributed by atoms with E-state index in [1.54, 1.807) is 11.0 Å². The van der Waals surface area contributed by atoms with E-state index >= 15 is 0 Å². The van der Waals surface area contributed by atoms with Gasteiger partial charge < -0.3 is 9.88 Å². The van der Waals surface area contributed by atoms with Crippen molar-refractivity contribution in [2.45, 2.75) is 0 Å². The fraction of sp³-hybridized carbons (Fsp3) is 0.217. The molecule has 5 rings (SSSR count). The topological polar surface area (TPSA) is 108 Å². The molecule has 1 aliphatic heterocycles. The summed E-state index contributed by atoms with van der Waals surface area (Å²) in [5.41, 5.74) is 3.29. The number of benzene rings is 1. The lowest BCUT2D eigenvalue weighted by Crippen LogP contribution is -2.50. The third kappa shape index (κ3) is 4.10. The highest BCUT2D eigenvalue weighted by atomic mass is 16.2. The van der Waals surface area contributed by atoms with Crippen LogP contribution in [0.25, 0.3) is 22.6 Å². The lowest BCUT2D eigenvalue weighted by atomic mass is 10.2. The van der Waals surface area contributed by atoms with Crippen molar-refractivity contribution < 1.29 is 9.59 Å². The van der Waals surface area contributed by atoms with Gasteiger partial charge in [-0.2, -0.15) is 0 Å². The van der Waals surface area contributed by atoms with Crippen molar-refractivity contribution in [3.63, 3.8) is 0 Å². The van der Waals surface area contributed by atoms with Gasteiger partial charge in [0.25, 0.3) is 5.91 Å². The molecule has 0 unspecified atom stereocenters. The zero-order valence-corrected chi connectivity index (χ0v) is 17.3. The van der Waals surface area contributed by atoms with Crippen molar-refractivity contribution in [1.29, 1.82) is 0 Å². The fourth-order valence-electron chi connectivity index (χ4n) is 3.77. The number of aromatic nitrogens is 5. The number of carbonyl (C=O) groups excluding carboxylic acids is 2. The van der Waals surface area contributed by atoms with E-state index in [9.17, 15) is 9.59 Å². The normalized spacial score (nSPS) is 14.6. The van der Waals surface area contributed by atoms with Gasteiger partial charge in [-0.25, -0.2) is 19.9 Å². The number of carbonyl (C=O) groups is 2. The number of hydrogen-bond acceptors (Lipinski definition) is 7. The van der Waals surface area contributed by atoms with Gasteiger partial charge in [0, 0.05) is 38.6 Å². The Morgan fingerprint density at radius 1 is 0.906 bits per heavy atom. The maximum Gasteiger partial charge on any atom is 0.272 e. The van der Waals surface area contributed by atoms with Crippen molar-refractivity contribution in [2.24, 2.45) is 0 Å². The van der Waals surface area contributed by atoms with Gasteiger partial charge in [0.05, 0.1) is 23.1 Å². The Balaban J connectivity index is 1.24. The maximum atomic E-state index is 13.0. The quantitative estimate of drug-likeness (QED) is 0.486. The van der Waals surface area contributed by atoms with E-state index in [4.69, 9.17) is 0 Å². The number of piperazine rings is 1. The van der Waals surface area contributed by atoms with Gasteiger partial charge in [0.1, 0.15) is 17.7 Å². The minimum Gasteiger partial charge on any atom is -0.337 e. The zero-order chi connectivity index (χ0) is 21.9. The number of pyridine rings is 1. The highest BCUT2D eigenvalue weighted by Crippen LogP contribution is 2.19. The second-order valence-corrected chi connectivity index (χ2v) is 7.63. The Morgan fingerprint density at radius 2 is 1.69 bits per heavy atom. The van der Waals surface area contributed by atoms with Crippen LogP contribution in [0.5, 0.6) is 0 Å². The number of rotatable bonds is 5. The molecule has 1 fully saturated rings. The molecule has 1 N–H and O–H groups in total.